The molecule has 0 aromatic heterocycles. The molecule has 0 N–H and O–H groups in total. The fourth-order valence-electron chi connectivity index (χ4n) is 4.02. The van der Waals surface area contributed by atoms with Crippen molar-refractivity contribution in [2.24, 2.45) is 0 Å². The van der Waals surface area contributed by atoms with Crippen molar-refractivity contribution in [1.29, 1.82) is 0 Å². The molecule has 2 aromatic carbocycles. The van der Waals surface area contributed by atoms with Crippen LogP contribution in [0.3, 0.4) is 0 Å². The van der Waals surface area contributed by atoms with E-state index in [-0.39, 0.29) is 0 Å². The van der Waals surface area contributed by atoms with Crippen molar-refractivity contribution in [3.8, 4) is 23.5 Å². The van der Waals surface area contributed by atoms with Crippen LogP contribution in [0, 0.1) is 37.3 Å². The molecule has 4 rings (SSSR count). The van der Waals surface area contributed by atoms with E-state index in [2.05, 4.69) is 61.6 Å². The van der Waals surface area contributed by atoms with Gasteiger partial charge in [0.25, 0.3) is 0 Å². The van der Waals surface area contributed by atoms with Crippen LogP contribution in [0.2, 0.25) is 0 Å². The van der Waals surface area contributed by atoms with Gasteiger partial charge in [-0.3, -0.25) is 0 Å². The maximum absolute atomic E-state index is 6.06. The third-order valence-corrected chi connectivity index (χ3v) is 7.75. The van der Waals surface area contributed by atoms with Crippen molar-refractivity contribution in [3.63, 3.8) is 0 Å². The largest absolute Gasteiger partial charge is 0.551 e. The minimum absolute atomic E-state index is 0.409. The lowest BCUT2D eigenvalue weighted by Gasteiger charge is -2.32. The molecule has 2 heterocycles. The molecule has 6 heteroatoms. The number of aryl methyl sites for hydroxylation is 2. The molecule has 2 saturated heterocycles. The highest BCUT2D eigenvalue weighted by molar-refractivity contribution is 6.56. The quantitative estimate of drug-likeness (QED) is 0.392. The van der Waals surface area contributed by atoms with Gasteiger partial charge in [-0.25, -0.2) is 0 Å². The predicted octanol–water partition coefficient (Wildman–Crippen LogP) is 5.42. The Balaban J connectivity index is 1.71. The highest BCUT2D eigenvalue weighted by atomic mass is 16.7. The number of hydrogen-bond acceptors (Lipinski definition) is 4. The van der Waals surface area contributed by atoms with E-state index < -0.39 is 36.6 Å². The molecule has 2 aromatic rings. The van der Waals surface area contributed by atoms with Crippen LogP contribution in [0.5, 0.6) is 0 Å². The average molecular weight is 456 g/mol. The van der Waals surface area contributed by atoms with E-state index >= 15 is 0 Å². The molecule has 0 spiro atoms. The molecule has 34 heavy (non-hydrogen) atoms. The van der Waals surface area contributed by atoms with E-state index in [1.54, 1.807) is 0 Å². The van der Waals surface area contributed by atoms with Crippen LogP contribution in [0.15, 0.2) is 24.3 Å². The van der Waals surface area contributed by atoms with E-state index in [0.717, 1.165) is 33.0 Å². The smallest absolute Gasteiger partial charge is 0.392 e. The molecule has 2 fully saturated rings. The minimum atomic E-state index is -0.562. The number of rotatable bonds is 0. The van der Waals surface area contributed by atoms with Crippen LogP contribution in [0.25, 0.3) is 10.8 Å². The van der Waals surface area contributed by atoms with Gasteiger partial charge in [0.1, 0.15) is 0 Å². The van der Waals surface area contributed by atoms with Crippen LogP contribution in [-0.2, 0) is 18.6 Å². The first-order valence-corrected chi connectivity index (χ1v) is 11.9. The van der Waals surface area contributed by atoms with Crippen molar-refractivity contribution < 1.29 is 18.6 Å². The Hall–Kier alpha value is -2.21. The molecule has 0 aliphatic carbocycles. The van der Waals surface area contributed by atoms with E-state index in [4.69, 9.17) is 18.6 Å². The van der Waals surface area contributed by atoms with Gasteiger partial charge >= 0.3 is 14.2 Å². The Morgan fingerprint density at radius 1 is 0.529 bits per heavy atom. The molecule has 0 saturated carbocycles. The van der Waals surface area contributed by atoms with E-state index in [1.165, 1.54) is 0 Å². The maximum Gasteiger partial charge on any atom is 0.551 e. The van der Waals surface area contributed by atoms with Crippen molar-refractivity contribution in [2.45, 2.75) is 91.6 Å². The monoisotopic (exact) mass is 456 g/mol. The first-order chi connectivity index (χ1) is 15.6. The normalized spacial score (nSPS) is 21.7. The Kier molecular flexibility index (Phi) is 5.99. The lowest BCUT2D eigenvalue weighted by atomic mass is 9.88. The van der Waals surface area contributed by atoms with Gasteiger partial charge in [-0.15, -0.1) is 0 Å². The standard InChI is InChI=1S/C28H34B2O4/c1-19-11-13-24-22(16-18-30-33-27(7,8)28(9,10)34-30)20(2)12-14-23(24)21(19)15-17-29-31-25(3,4)26(5,6)32-29/h11-14H,1-10H3. The minimum Gasteiger partial charge on any atom is -0.392 e. The summed E-state index contributed by atoms with van der Waals surface area (Å²) in [4.78, 5) is 0. The summed E-state index contributed by atoms with van der Waals surface area (Å²) in [6, 6.07) is 8.42. The maximum atomic E-state index is 6.06. The zero-order valence-electron chi connectivity index (χ0n) is 22.1. The van der Waals surface area contributed by atoms with Crippen molar-refractivity contribution in [2.75, 3.05) is 0 Å². The second kappa shape index (κ2) is 8.18. The Morgan fingerprint density at radius 3 is 1.12 bits per heavy atom. The summed E-state index contributed by atoms with van der Waals surface area (Å²) in [7, 11) is -1.12. The summed E-state index contributed by atoms with van der Waals surface area (Å²) < 4.78 is 24.3. The van der Waals surface area contributed by atoms with E-state index in [1.807, 2.05) is 55.4 Å². The number of fused-ring (bicyclic) bond motifs is 1. The third kappa shape index (κ3) is 4.30. The van der Waals surface area contributed by atoms with Crippen LogP contribution >= 0.6 is 0 Å². The summed E-state index contributed by atoms with van der Waals surface area (Å²) in [5, 5.41) is 2.13. The molecule has 0 amide bonds. The first kappa shape index (κ1) is 24.9. The van der Waals surface area contributed by atoms with Gasteiger partial charge in [-0.2, -0.15) is 0 Å². The SMILES string of the molecule is Cc1ccc2c(C#CB3OC(C)(C)C(C)(C)O3)c(C)ccc2c1C#CB1OC(C)(C)C(C)(C)O1. The van der Waals surface area contributed by atoms with Crippen LogP contribution < -0.4 is 0 Å². The van der Waals surface area contributed by atoms with Crippen LogP contribution in [-0.4, -0.2) is 36.6 Å². The highest BCUT2D eigenvalue weighted by Gasteiger charge is 2.51. The van der Waals surface area contributed by atoms with Gasteiger partial charge in [0.05, 0.1) is 22.4 Å². The van der Waals surface area contributed by atoms with Crippen LogP contribution in [0.4, 0.5) is 0 Å². The van der Waals surface area contributed by atoms with E-state index in [9.17, 15) is 0 Å². The molecular weight excluding hydrogens is 422 g/mol. The zero-order chi connectivity index (χ0) is 25.1. The van der Waals surface area contributed by atoms with Crippen molar-refractivity contribution in [3.05, 3.63) is 46.5 Å². The molecule has 2 aliphatic heterocycles. The summed E-state index contributed by atoms with van der Waals surface area (Å²) in [6.07, 6.45) is 0. The van der Waals surface area contributed by atoms with Gasteiger partial charge < -0.3 is 18.6 Å². The first-order valence-electron chi connectivity index (χ1n) is 11.9. The predicted molar refractivity (Wildman–Crippen MR) is 139 cm³/mol. The van der Waals surface area contributed by atoms with Crippen LogP contribution in [0.1, 0.15) is 77.6 Å². The molecule has 0 unspecified atom stereocenters. The number of hydrogen-bond donors (Lipinski definition) is 0. The zero-order valence-corrected chi connectivity index (χ0v) is 22.1. The molecule has 0 bridgehead atoms. The molecule has 0 radical (unpaired) electrons. The number of benzene rings is 2. The van der Waals surface area contributed by atoms with Gasteiger partial charge in [0.15, 0.2) is 0 Å². The molecule has 0 atom stereocenters. The lowest BCUT2D eigenvalue weighted by Crippen LogP contribution is -2.41. The summed E-state index contributed by atoms with van der Waals surface area (Å²) in [5.74, 6) is 13.1. The summed E-state index contributed by atoms with van der Waals surface area (Å²) in [5.41, 5.74) is 2.49. The van der Waals surface area contributed by atoms with Gasteiger partial charge in [0.2, 0.25) is 0 Å². The second-order valence-corrected chi connectivity index (χ2v) is 11.3. The molecule has 2 aliphatic rings. The van der Waals surface area contributed by atoms with Gasteiger partial charge in [-0.1, -0.05) is 47.7 Å². The fourth-order valence-corrected chi connectivity index (χ4v) is 4.02. The summed E-state index contributed by atoms with van der Waals surface area (Å²) in [6.45, 7) is 20.4. The Bertz CT molecular complexity index is 1140. The summed E-state index contributed by atoms with van der Waals surface area (Å²) >= 11 is 0. The lowest BCUT2D eigenvalue weighted by molar-refractivity contribution is 0.00578. The molecular formula is C28H34B2O4. The van der Waals surface area contributed by atoms with Gasteiger partial charge in [0, 0.05) is 11.1 Å². The van der Waals surface area contributed by atoms with E-state index in [0.29, 0.717) is 0 Å². The Morgan fingerprint density at radius 2 is 0.824 bits per heavy atom. The third-order valence-electron chi connectivity index (χ3n) is 7.75. The van der Waals surface area contributed by atoms with Crippen molar-refractivity contribution in [1.82, 2.24) is 0 Å². The topological polar surface area (TPSA) is 36.9 Å². The highest BCUT2D eigenvalue weighted by Crippen LogP contribution is 2.37. The Labute approximate surface area is 205 Å². The molecule has 4 nitrogen and oxygen atoms in total. The fraction of sp³-hybridized carbons (Fsp3) is 0.500. The molecule has 176 valence electrons. The van der Waals surface area contributed by atoms with Gasteiger partial charge in [-0.05, 0) is 91.1 Å². The second-order valence-electron chi connectivity index (χ2n) is 11.3. The average Bonchev–Trinajstić information content (AvgIpc) is 3.04. The van der Waals surface area contributed by atoms with Crippen molar-refractivity contribution >= 4 is 25.0 Å².